The molecular weight excluding hydrogens is 976 g/mol. The molecule has 76 heavy (non-hydrogen) atoms. The van der Waals surface area contributed by atoms with Gasteiger partial charge < -0.3 is 24.2 Å². The molecule has 2 N–H and O–H groups in total. The van der Waals surface area contributed by atoms with Crippen LogP contribution in [0.4, 0.5) is 0 Å². The van der Waals surface area contributed by atoms with E-state index < -0.39 is 57.8 Å². The van der Waals surface area contributed by atoms with Crippen molar-refractivity contribution in [2.24, 2.45) is 0 Å². The van der Waals surface area contributed by atoms with Gasteiger partial charge in [-0.1, -0.05) is 220 Å². The predicted molar refractivity (Wildman–Crippen MR) is 316 cm³/mol. The highest BCUT2D eigenvalue weighted by Crippen LogP contribution is 2.43. The average molecular weight is 1080 g/mol. The molecule has 3 unspecified atom stereocenters. The smallest absolute Gasteiger partial charge is 0.462 e. The lowest BCUT2D eigenvalue weighted by Gasteiger charge is -2.21. The Morgan fingerprint density at radius 2 is 0.737 bits per heavy atom. The maximum Gasteiger partial charge on any atom is 0.472 e. The average Bonchev–Trinajstić information content (AvgIpc) is 3.41. The molecule has 3 atom stereocenters. The third kappa shape index (κ3) is 54.9. The van der Waals surface area contributed by atoms with E-state index in [1.807, 2.05) is 18.2 Å². The van der Waals surface area contributed by atoms with Crippen LogP contribution in [0.15, 0.2) is 109 Å². The number of allylic oxidation sites excluding steroid dienone is 17. The van der Waals surface area contributed by atoms with Crippen LogP contribution in [0.25, 0.3) is 0 Å². The van der Waals surface area contributed by atoms with E-state index in [0.29, 0.717) is 19.3 Å². The van der Waals surface area contributed by atoms with Gasteiger partial charge in [0.05, 0.1) is 26.2 Å². The van der Waals surface area contributed by atoms with Crippen molar-refractivity contribution in [1.82, 2.24) is 0 Å². The minimum atomic E-state index is -4.78. The Bertz CT molecular complexity index is 1690. The maximum atomic E-state index is 12.9. The molecule has 0 saturated heterocycles. The van der Waals surface area contributed by atoms with E-state index in [1.165, 1.54) is 77.0 Å². The fourth-order valence-electron chi connectivity index (χ4n) is 7.67. The van der Waals surface area contributed by atoms with Gasteiger partial charge in [-0.3, -0.25) is 23.4 Å². The Kier molecular flexibility index (Phi) is 54.4. The topological polar surface area (TPSA) is 155 Å². The number of phosphoric ester groups is 1. The lowest BCUT2D eigenvalue weighted by molar-refractivity contribution is -0.161. The summed E-state index contributed by atoms with van der Waals surface area (Å²) in [4.78, 5) is 48.6. The molecule has 434 valence electrons. The maximum absolute atomic E-state index is 12.9. The number of aliphatic hydroxyl groups excluding tert-OH is 1. The Hall–Kier alpha value is -3.86. The Morgan fingerprint density at radius 3 is 1.16 bits per heavy atom. The molecule has 0 heterocycles. The largest absolute Gasteiger partial charge is 0.472 e. The van der Waals surface area contributed by atoms with Gasteiger partial charge in [-0.15, -0.1) is 0 Å². The second-order valence-corrected chi connectivity index (χ2v) is 20.9. The van der Waals surface area contributed by atoms with Gasteiger partial charge in [0, 0.05) is 12.8 Å². The highest BCUT2D eigenvalue weighted by atomic mass is 31.2. The van der Waals surface area contributed by atoms with Crippen molar-refractivity contribution in [3.8, 4) is 0 Å². The SMILES string of the molecule is CC/C=C\C/C=C\C/C=C\C/C=C\C/C=C\CC(=O)OC(CO)COP(=O)(O)OCC(COC(=O)CCCCCCCCC/C=C\C/C=C\CCCCC)OC(=O)CCCCCCCCC/C=C\C/C=C\CCCCC. The van der Waals surface area contributed by atoms with Gasteiger partial charge in [-0.2, -0.15) is 0 Å². The number of unbranched alkanes of at least 4 members (excludes halogenated alkanes) is 20. The van der Waals surface area contributed by atoms with Crippen molar-refractivity contribution in [1.29, 1.82) is 0 Å². The Morgan fingerprint density at radius 1 is 0.395 bits per heavy atom. The Labute approximate surface area is 463 Å². The van der Waals surface area contributed by atoms with Crippen LogP contribution in [0.2, 0.25) is 0 Å². The molecule has 0 radical (unpaired) electrons. The fourth-order valence-corrected chi connectivity index (χ4v) is 8.45. The van der Waals surface area contributed by atoms with Gasteiger partial charge in [0.25, 0.3) is 0 Å². The third-order valence-electron chi connectivity index (χ3n) is 12.2. The first kappa shape index (κ1) is 72.1. The molecular formula is C64H107O11P. The van der Waals surface area contributed by atoms with Gasteiger partial charge in [-0.05, 0) is 109 Å². The number of ether oxygens (including phenoxy) is 3. The molecule has 0 bridgehead atoms. The molecule has 0 rings (SSSR count). The van der Waals surface area contributed by atoms with Crippen LogP contribution >= 0.6 is 7.82 Å². The number of phosphoric acid groups is 1. The van der Waals surface area contributed by atoms with E-state index in [2.05, 4.69) is 106 Å². The molecule has 0 aromatic heterocycles. The quantitative estimate of drug-likeness (QED) is 0.0197. The molecule has 0 amide bonds. The first-order valence-corrected chi connectivity index (χ1v) is 31.3. The van der Waals surface area contributed by atoms with Crippen molar-refractivity contribution in [3.05, 3.63) is 109 Å². The molecule has 11 nitrogen and oxygen atoms in total. The van der Waals surface area contributed by atoms with Gasteiger partial charge in [0.15, 0.2) is 6.10 Å². The zero-order chi connectivity index (χ0) is 55.5. The first-order chi connectivity index (χ1) is 37.2. The van der Waals surface area contributed by atoms with Crippen LogP contribution in [-0.2, 0) is 42.2 Å². The molecule has 0 aromatic rings. The van der Waals surface area contributed by atoms with Crippen LogP contribution in [0.5, 0.6) is 0 Å². The second-order valence-electron chi connectivity index (χ2n) is 19.4. The number of carbonyl (C=O) groups excluding carboxylic acids is 3. The summed E-state index contributed by atoms with van der Waals surface area (Å²) in [5.74, 6) is -1.62. The van der Waals surface area contributed by atoms with E-state index >= 15 is 0 Å². The van der Waals surface area contributed by atoms with Crippen molar-refractivity contribution in [2.45, 2.75) is 251 Å². The Balaban J connectivity index is 4.83. The summed E-state index contributed by atoms with van der Waals surface area (Å²) in [6.07, 6.45) is 69.2. The zero-order valence-electron chi connectivity index (χ0n) is 47.9. The minimum absolute atomic E-state index is 0.0603. The number of hydrogen-bond donors (Lipinski definition) is 2. The van der Waals surface area contributed by atoms with Gasteiger partial charge in [0.2, 0.25) is 0 Å². The van der Waals surface area contributed by atoms with E-state index in [1.54, 1.807) is 6.08 Å². The fraction of sp³-hybridized carbons (Fsp3) is 0.672. The van der Waals surface area contributed by atoms with Gasteiger partial charge >= 0.3 is 25.7 Å². The van der Waals surface area contributed by atoms with Crippen molar-refractivity contribution < 1.29 is 52.2 Å². The lowest BCUT2D eigenvalue weighted by atomic mass is 10.1. The van der Waals surface area contributed by atoms with Crippen LogP contribution in [0, 0.1) is 0 Å². The van der Waals surface area contributed by atoms with Crippen LogP contribution in [-0.4, -0.2) is 66.5 Å². The van der Waals surface area contributed by atoms with Crippen molar-refractivity contribution in [2.75, 3.05) is 26.4 Å². The van der Waals surface area contributed by atoms with Gasteiger partial charge in [-0.25, -0.2) is 4.57 Å². The van der Waals surface area contributed by atoms with E-state index in [-0.39, 0.29) is 25.9 Å². The number of rotatable bonds is 54. The molecule has 0 aliphatic rings. The summed E-state index contributed by atoms with van der Waals surface area (Å²) < 4.78 is 39.4. The molecule has 0 fully saturated rings. The van der Waals surface area contributed by atoms with E-state index in [0.717, 1.165) is 103 Å². The molecule has 0 aliphatic heterocycles. The third-order valence-corrected chi connectivity index (χ3v) is 13.1. The second kappa shape index (κ2) is 57.3. The number of esters is 3. The molecule has 0 spiro atoms. The lowest BCUT2D eigenvalue weighted by Crippen LogP contribution is -2.30. The summed E-state index contributed by atoms with van der Waals surface area (Å²) >= 11 is 0. The number of carbonyl (C=O) groups is 3. The highest BCUT2D eigenvalue weighted by Gasteiger charge is 2.28. The summed E-state index contributed by atoms with van der Waals surface area (Å²) in [7, 11) is -4.78. The highest BCUT2D eigenvalue weighted by molar-refractivity contribution is 7.47. The number of aliphatic hydroxyl groups is 1. The van der Waals surface area contributed by atoms with Crippen LogP contribution < -0.4 is 0 Å². The first-order valence-electron chi connectivity index (χ1n) is 29.8. The van der Waals surface area contributed by atoms with Gasteiger partial charge in [0.1, 0.15) is 12.7 Å². The molecule has 0 aliphatic carbocycles. The normalized spacial score (nSPS) is 14.1. The summed E-state index contributed by atoms with van der Waals surface area (Å²) in [5.41, 5.74) is 0. The zero-order valence-corrected chi connectivity index (χ0v) is 48.8. The van der Waals surface area contributed by atoms with E-state index in [9.17, 15) is 28.9 Å². The molecule has 0 saturated carbocycles. The van der Waals surface area contributed by atoms with E-state index in [4.69, 9.17) is 23.3 Å². The minimum Gasteiger partial charge on any atom is -0.462 e. The summed E-state index contributed by atoms with van der Waals surface area (Å²) in [6, 6.07) is 0. The molecule has 0 aromatic carbocycles. The van der Waals surface area contributed by atoms with Crippen molar-refractivity contribution in [3.63, 3.8) is 0 Å². The number of hydrogen-bond acceptors (Lipinski definition) is 10. The summed E-state index contributed by atoms with van der Waals surface area (Å²) in [6.45, 7) is 4.35. The summed E-state index contributed by atoms with van der Waals surface area (Å²) in [5, 5.41) is 9.80. The standard InChI is InChI=1S/C64H107O11P/c1-4-7-10-13-16-19-22-25-28-30-33-35-38-41-44-47-50-53-62(66)71-57-61(75-64(68)55-52-49-46-43-40-37-34-31-29-26-23-20-17-14-11-8-5-2)59-73-76(69,70)72-58-60(56-65)74-63(67)54-51-48-45-42-39-36-32-27-24-21-18-15-12-9-6-3/h9,12,16-21,25-29,32,39,42,48,51,60-61,65H,4-8,10-11,13-15,22-24,30-31,33-38,40-41,43-47,49-50,52-59H2,1-3H3,(H,69,70)/b12-9-,19-16-,20-17-,21-18-,28-25-,29-26-,32-27-,42-39-,51-48-. The van der Waals surface area contributed by atoms with Crippen molar-refractivity contribution >= 4 is 25.7 Å². The van der Waals surface area contributed by atoms with Crippen LogP contribution in [0.1, 0.15) is 239 Å². The molecule has 12 heteroatoms. The predicted octanol–water partition coefficient (Wildman–Crippen LogP) is 17.8. The van der Waals surface area contributed by atoms with Crippen LogP contribution in [0.3, 0.4) is 0 Å². The monoisotopic (exact) mass is 1080 g/mol.